The van der Waals surface area contributed by atoms with Crippen molar-refractivity contribution in [3.63, 3.8) is 0 Å². The molecule has 11 heteroatoms. The summed E-state index contributed by atoms with van der Waals surface area (Å²) in [5.41, 5.74) is -6.05. The summed E-state index contributed by atoms with van der Waals surface area (Å²) in [5.74, 6) is -4.68. The second-order valence-electron chi connectivity index (χ2n) is 13.9. The number of ketones is 1. The molecule has 2 heterocycles. The van der Waals surface area contributed by atoms with Crippen molar-refractivity contribution in [2.75, 3.05) is 7.11 Å². The third-order valence-electron chi connectivity index (χ3n) is 11.4. The number of aliphatic hydroxyl groups is 1. The number of methoxy groups -OCH3 is 1. The Labute approximate surface area is 254 Å². The summed E-state index contributed by atoms with van der Waals surface area (Å²) < 4.78 is 28.3. The number of furan rings is 1. The summed E-state index contributed by atoms with van der Waals surface area (Å²) in [7, 11) is 1.27. The van der Waals surface area contributed by atoms with Crippen LogP contribution in [0.15, 0.2) is 45.8 Å². The molecule has 1 aromatic heterocycles. The molecule has 11 nitrogen and oxygen atoms in total. The normalized spacial score (nSPS) is 40.2. The van der Waals surface area contributed by atoms with Gasteiger partial charge in [0, 0.05) is 53.2 Å². The Morgan fingerprint density at radius 3 is 2.45 bits per heavy atom. The molecule has 2 fully saturated rings. The van der Waals surface area contributed by atoms with E-state index >= 15 is 4.79 Å². The van der Waals surface area contributed by atoms with Crippen molar-refractivity contribution >= 4 is 29.7 Å². The lowest BCUT2D eigenvalue weighted by Gasteiger charge is -2.63. The fourth-order valence-electron chi connectivity index (χ4n) is 9.45. The molecular weight excluding hydrogens is 572 g/mol. The molecule has 1 aliphatic heterocycles. The lowest BCUT2D eigenvalue weighted by molar-refractivity contribution is -0.259. The van der Waals surface area contributed by atoms with Gasteiger partial charge < -0.3 is 28.5 Å². The Kier molecular flexibility index (Phi) is 6.47. The monoisotopic (exact) mass is 610 g/mol. The fraction of sp³-hybridized carbons (Fsp3) is 0.606. The van der Waals surface area contributed by atoms with Crippen LogP contribution in [0, 0.1) is 28.1 Å². The van der Waals surface area contributed by atoms with Gasteiger partial charge in [-0.05, 0) is 36.0 Å². The molecule has 0 unspecified atom stereocenters. The van der Waals surface area contributed by atoms with Gasteiger partial charge in [0.05, 0.1) is 25.6 Å². The fourth-order valence-corrected chi connectivity index (χ4v) is 9.45. The first-order valence-electron chi connectivity index (χ1n) is 15.0. The summed E-state index contributed by atoms with van der Waals surface area (Å²) in [6.45, 7) is 9.92. The number of Topliss-reactive ketones (excluding diaryl/α,β-unsaturated/α-hetero) is 1. The van der Waals surface area contributed by atoms with Crippen LogP contribution in [0.5, 0.6) is 0 Å². The summed E-state index contributed by atoms with van der Waals surface area (Å²) >= 11 is 0. The SMILES string of the molecule is COC(=O)C[C@H]1[C@@]2(C)C[C@]3(OC(=O)C(C)C)[C@@](O)(C(=O)C4=C(CC[C@]5(C)C4=CC(=O)O[C@H]5c4ccoc4)[C@]13C)[C@H]2OC(C)=O. The molecule has 1 N–H and O–H groups in total. The Morgan fingerprint density at radius 1 is 1.16 bits per heavy atom. The molecule has 0 aromatic carbocycles. The third kappa shape index (κ3) is 3.44. The van der Waals surface area contributed by atoms with Crippen LogP contribution in [-0.2, 0) is 42.9 Å². The van der Waals surface area contributed by atoms with Crippen LogP contribution in [0.4, 0.5) is 0 Å². The first-order valence-corrected chi connectivity index (χ1v) is 15.0. The number of esters is 4. The first kappa shape index (κ1) is 30.3. The van der Waals surface area contributed by atoms with Gasteiger partial charge in [-0.25, -0.2) is 4.79 Å². The average Bonchev–Trinajstić information content (AvgIpc) is 3.60. The number of rotatable bonds is 6. The Bertz CT molecular complexity index is 1550. The molecule has 1 aromatic rings. The van der Waals surface area contributed by atoms with E-state index in [-0.39, 0.29) is 18.4 Å². The molecule has 6 rings (SSSR count). The van der Waals surface area contributed by atoms with Gasteiger partial charge in [-0.1, -0.05) is 34.6 Å². The molecule has 0 saturated heterocycles. The summed E-state index contributed by atoms with van der Waals surface area (Å²) in [5, 5.41) is 12.9. The van der Waals surface area contributed by atoms with Gasteiger partial charge >= 0.3 is 23.9 Å². The minimum absolute atomic E-state index is 0.0381. The smallest absolute Gasteiger partial charge is 0.331 e. The van der Waals surface area contributed by atoms with E-state index < -0.39 is 81.2 Å². The van der Waals surface area contributed by atoms with Crippen LogP contribution < -0.4 is 0 Å². The molecule has 2 saturated carbocycles. The molecule has 8 atom stereocenters. The highest BCUT2D eigenvalue weighted by Crippen LogP contribution is 2.80. The van der Waals surface area contributed by atoms with E-state index in [0.717, 1.165) is 0 Å². The summed E-state index contributed by atoms with van der Waals surface area (Å²) in [6, 6.07) is 1.70. The van der Waals surface area contributed by atoms with Gasteiger partial charge in [-0.2, -0.15) is 0 Å². The van der Waals surface area contributed by atoms with E-state index in [0.29, 0.717) is 29.6 Å². The molecule has 4 aliphatic carbocycles. The number of hydrogen-bond acceptors (Lipinski definition) is 11. The minimum Gasteiger partial charge on any atom is -0.472 e. The van der Waals surface area contributed by atoms with Crippen LogP contribution in [-0.4, -0.2) is 59.2 Å². The van der Waals surface area contributed by atoms with Crippen molar-refractivity contribution in [3.05, 3.63) is 47.0 Å². The van der Waals surface area contributed by atoms with E-state index in [1.54, 1.807) is 26.8 Å². The minimum atomic E-state index is -2.52. The van der Waals surface area contributed by atoms with Crippen molar-refractivity contribution in [1.82, 2.24) is 0 Å². The van der Waals surface area contributed by atoms with Crippen molar-refractivity contribution < 1.29 is 52.4 Å². The molecule has 44 heavy (non-hydrogen) atoms. The number of ether oxygens (including phenoxy) is 4. The average molecular weight is 611 g/mol. The first-order chi connectivity index (χ1) is 20.5. The van der Waals surface area contributed by atoms with E-state index in [2.05, 4.69) is 0 Å². The number of cyclic esters (lactones) is 1. The van der Waals surface area contributed by atoms with Crippen LogP contribution >= 0.6 is 0 Å². The zero-order valence-corrected chi connectivity index (χ0v) is 26.0. The molecule has 2 bridgehead atoms. The van der Waals surface area contributed by atoms with Crippen LogP contribution in [0.3, 0.4) is 0 Å². The van der Waals surface area contributed by atoms with Crippen molar-refractivity contribution in [3.8, 4) is 0 Å². The molecule has 0 spiro atoms. The predicted octanol–water partition coefficient (Wildman–Crippen LogP) is 3.69. The van der Waals surface area contributed by atoms with E-state index in [1.165, 1.54) is 32.6 Å². The zero-order chi connectivity index (χ0) is 32.2. The highest BCUT2D eigenvalue weighted by molar-refractivity contribution is 6.12. The number of fused-ring (bicyclic) bond motifs is 4. The number of carbonyl (C=O) groups excluding carboxylic acids is 5. The predicted molar refractivity (Wildman–Crippen MR) is 150 cm³/mol. The number of carbonyl (C=O) groups is 5. The van der Waals surface area contributed by atoms with E-state index in [1.807, 2.05) is 13.8 Å². The largest absolute Gasteiger partial charge is 0.472 e. The quantitative estimate of drug-likeness (QED) is 0.370. The maximum Gasteiger partial charge on any atom is 0.331 e. The van der Waals surface area contributed by atoms with Gasteiger partial charge in [0.25, 0.3) is 0 Å². The van der Waals surface area contributed by atoms with E-state index in [9.17, 15) is 24.3 Å². The maximum absolute atomic E-state index is 15.1. The number of hydrogen-bond donors (Lipinski definition) is 1. The Morgan fingerprint density at radius 2 is 1.86 bits per heavy atom. The standard InChI is InChI=1S/C33H38O11/c1-16(2)27(38)44-32-15-30(5)21(13-22(35)40-7)31(32,6)19-8-10-29(4)20(12-23(36)43-26(29)18-9-11-41-14-18)24(19)25(37)33(32,39)28(30)42-17(3)34/h9,11-12,14,16,21,26,28,39H,8,10,13,15H2,1-7H3/t21-,26-,28-,29+,30+,31+,32+,33+/m0/s1. The third-order valence-corrected chi connectivity index (χ3v) is 11.4. The highest BCUT2D eigenvalue weighted by atomic mass is 16.6. The van der Waals surface area contributed by atoms with Gasteiger partial charge in [-0.3, -0.25) is 19.2 Å². The summed E-state index contributed by atoms with van der Waals surface area (Å²) in [4.78, 5) is 67.1. The van der Waals surface area contributed by atoms with Gasteiger partial charge in [0.1, 0.15) is 12.2 Å². The Hall–Kier alpha value is -3.73. The topological polar surface area (TPSA) is 156 Å². The van der Waals surface area contributed by atoms with Crippen molar-refractivity contribution in [1.29, 1.82) is 0 Å². The molecule has 236 valence electrons. The maximum atomic E-state index is 15.1. The lowest BCUT2D eigenvalue weighted by atomic mass is 9.43. The molecule has 0 radical (unpaired) electrons. The summed E-state index contributed by atoms with van der Waals surface area (Å²) in [6.07, 6.45) is 2.56. The lowest BCUT2D eigenvalue weighted by Crippen LogP contribution is -2.77. The second kappa shape index (κ2) is 9.39. The highest BCUT2D eigenvalue weighted by Gasteiger charge is 2.91. The molecular formula is C33H38O11. The van der Waals surface area contributed by atoms with Crippen LogP contribution in [0.2, 0.25) is 0 Å². The molecule has 5 aliphatic rings. The molecule has 0 amide bonds. The zero-order valence-electron chi connectivity index (χ0n) is 26.0. The van der Waals surface area contributed by atoms with Gasteiger partial charge in [0.2, 0.25) is 11.4 Å². The van der Waals surface area contributed by atoms with E-state index in [4.69, 9.17) is 23.4 Å². The van der Waals surface area contributed by atoms with Crippen molar-refractivity contribution in [2.24, 2.45) is 28.1 Å². The van der Waals surface area contributed by atoms with Gasteiger partial charge in [-0.15, -0.1) is 0 Å². The van der Waals surface area contributed by atoms with Gasteiger partial charge in [0.15, 0.2) is 5.60 Å². The van der Waals surface area contributed by atoms with Crippen molar-refractivity contribution in [2.45, 2.75) is 90.6 Å². The van der Waals surface area contributed by atoms with Crippen LogP contribution in [0.1, 0.15) is 78.9 Å². The Balaban J connectivity index is 1.67. The second-order valence-corrected chi connectivity index (χ2v) is 13.9. The van der Waals surface area contributed by atoms with Crippen LogP contribution in [0.25, 0.3) is 0 Å².